The van der Waals surface area contributed by atoms with Gasteiger partial charge in [-0.3, -0.25) is 0 Å². The molecule has 0 saturated carbocycles. The smallest absolute Gasteiger partial charge is 0.0907 e. The fourth-order valence-electron chi connectivity index (χ4n) is 1.54. The van der Waals surface area contributed by atoms with Gasteiger partial charge in [0, 0.05) is 11.9 Å². The zero-order valence-electron chi connectivity index (χ0n) is 8.22. The number of benzene rings is 1. The molecule has 0 fully saturated rings. The summed E-state index contributed by atoms with van der Waals surface area (Å²) in [5, 5.41) is 2.14. The second-order valence-electron chi connectivity index (χ2n) is 3.38. The largest absolute Gasteiger partial charge is 0.325 e. The lowest BCUT2D eigenvalue weighted by molar-refractivity contribution is 0.985. The van der Waals surface area contributed by atoms with Gasteiger partial charge in [-0.25, -0.2) is 4.98 Å². The summed E-state index contributed by atoms with van der Waals surface area (Å²) in [7, 11) is 0. The minimum atomic E-state index is 0.407. The van der Waals surface area contributed by atoms with E-state index in [0.29, 0.717) is 16.6 Å². The summed E-state index contributed by atoms with van der Waals surface area (Å²) in [6.45, 7) is 2.37. The van der Waals surface area contributed by atoms with E-state index < -0.39 is 0 Å². The first-order valence-corrected chi connectivity index (χ1v) is 5.33. The summed E-state index contributed by atoms with van der Waals surface area (Å²) in [5.41, 5.74) is 8.20. The van der Waals surface area contributed by atoms with Crippen molar-refractivity contribution in [3.63, 3.8) is 0 Å². The summed E-state index contributed by atoms with van der Waals surface area (Å²) in [6, 6.07) is 5.49. The Balaban J connectivity index is 2.86. The molecule has 0 aliphatic rings. The summed E-state index contributed by atoms with van der Waals surface area (Å²) in [5.74, 6) is 0. The van der Waals surface area contributed by atoms with E-state index in [2.05, 4.69) is 4.98 Å². The number of rotatable bonds is 1. The molecule has 1 aromatic carbocycles. The van der Waals surface area contributed by atoms with Crippen LogP contribution >= 0.6 is 23.2 Å². The molecule has 1 heterocycles. The predicted molar refractivity (Wildman–Crippen MR) is 64.4 cm³/mol. The highest BCUT2D eigenvalue weighted by molar-refractivity contribution is 6.39. The molecule has 0 aliphatic heterocycles. The Labute approximate surface area is 98.0 Å². The lowest BCUT2D eigenvalue weighted by Gasteiger charge is -2.07. The van der Waals surface area contributed by atoms with Gasteiger partial charge >= 0.3 is 0 Å². The number of halogens is 2. The molecule has 0 amide bonds. The maximum absolute atomic E-state index is 6.07. The van der Waals surface area contributed by atoms with Crippen LogP contribution in [0.3, 0.4) is 0 Å². The Kier molecular flexibility index (Phi) is 2.83. The highest BCUT2D eigenvalue weighted by Crippen LogP contribution is 2.29. The molecule has 0 unspecified atom stereocenters. The van der Waals surface area contributed by atoms with Crippen molar-refractivity contribution in [1.29, 1.82) is 0 Å². The fourth-order valence-corrected chi connectivity index (χ4v) is 1.95. The van der Waals surface area contributed by atoms with Crippen molar-refractivity contribution in [2.24, 2.45) is 5.73 Å². The first kappa shape index (κ1) is 10.7. The van der Waals surface area contributed by atoms with Crippen LogP contribution < -0.4 is 5.73 Å². The zero-order chi connectivity index (χ0) is 11.0. The van der Waals surface area contributed by atoms with Crippen LogP contribution in [0.2, 0.25) is 10.0 Å². The molecule has 0 saturated heterocycles. The molecule has 0 aliphatic carbocycles. The van der Waals surface area contributed by atoms with Crippen LogP contribution in [0.1, 0.15) is 11.3 Å². The SMILES string of the molecule is Cc1cc2c(Cl)ccc(Cl)c2nc1CN. The van der Waals surface area contributed by atoms with Crippen molar-refractivity contribution in [3.05, 3.63) is 39.5 Å². The number of nitrogens with two attached hydrogens (primary N) is 1. The van der Waals surface area contributed by atoms with E-state index in [0.717, 1.165) is 22.2 Å². The first-order chi connectivity index (χ1) is 7.13. The van der Waals surface area contributed by atoms with Crippen LogP contribution in [0.5, 0.6) is 0 Å². The quantitative estimate of drug-likeness (QED) is 0.831. The normalized spacial score (nSPS) is 10.9. The van der Waals surface area contributed by atoms with E-state index in [1.165, 1.54) is 0 Å². The molecule has 2 rings (SSSR count). The number of hydrogen-bond acceptors (Lipinski definition) is 2. The van der Waals surface area contributed by atoms with Crippen molar-refractivity contribution in [2.45, 2.75) is 13.5 Å². The van der Waals surface area contributed by atoms with E-state index in [1.54, 1.807) is 12.1 Å². The summed E-state index contributed by atoms with van der Waals surface area (Å²) >= 11 is 12.1. The monoisotopic (exact) mass is 240 g/mol. The van der Waals surface area contributed by atoms with E-state index in [4.69, 9.17) is 28.9 Å². The molecule has 1 aromatic heterocycles. The molecule has 0 atom stereocenters. The van der Waals surface area contributed by atoms with Gasteiger partial charge in [0.05, 0.1) is 21.3 Å². The molecule has 78 valence electrons. The lowest BCUT2D eigenvalue weighted by atomic mass is 10.1. The van der Waals surface area contributed by atoms with Gasteiger partial charge in [0.25, 0.3) is 0 Å². The van der Waals surface area contributed by atoms with Crippen LogP contribution in [0, 0.1) is 6.92 Å². The molecule has 15 heavy (non-hydrogen) atoms. The summed E-state index contributed by atoms with van der Waals surface area (Å²) in [6.07, 6.45) is 0. The number of aromatic nitrogens is 1. The molecule has 0 bridgehead atoms. The molecule has 0 radical (unpaired) electrons. The van der Waals surface area contributed by atoms with Crippen LogP contribution in [0.4, 0.5) is 0 Å². The minimum Gasteiger partial charge on any atom is -0.325 e. The summed E-state index contributed by atoms with van der Waals surface area (Å²) < 4.78 is 0. The van der Waals surface area contributed by atoms with E-state index >= 15 is 0 Å². The zero-order valence-corrected chi connectivity index (χ0v) is 9.73. The van der Waals surface area contributed by atoms with Gasteiger partial charge < -0.3 is 5.73 Å². The molecule has 2 aromatic rings. The molecule has 2 N–H and O–H groups in total. The van der Waals surface area contributed by atoms with Crippen molar-refractivity contribution < 1.29 is 0 Å². The third kappa shape index (κ3) is 1.81. The molecule has 4 heteroatoms. The Morgan fingerprint density at radius 2 is 1.93 bits per heavy atom. The number of nitrogens with zero attached hydrogens (tertiary/aromatic N) is 1. The van der Waals surface area contributed by atoms with Crippen molar-refractivity contribution in [1.82, 2.24) is 4.98 Å². The summed E-state index contributed by atoms with van der Waals surface area (Å²) in [4.78, 5) is 4.41. The Hall–Kier alpha value is -0.830. The highest BCUT2D eigenvalue weighted by atomic mass is 35.5. The van der Waals surface area contributed by atoms with Gasteiger partial charge in [0.1, 0.15) is 0 Å². The average molecular weight is 241 g/mol. The highest BCUT2D eigenvalue weighted by Gasteiger charge is 2.07. The Morgan fingerprint density at radius 1 is 1.27 bits per heavy atom. The topological polar surface area (TPSA) is 38.9 Å². The number of hydrogen-bond donors (Lipinski definition) is 1. The maximum Gasteiger partial charge on any atom is 0.0907 e. The van der Waals surface area contributed by atoms with Crippen molar-refractivity contribution in [3.8, 4) is 0 Å². The third-order valence-corrected chi connectivity index (χ3v) is 3.01. The average Bonchev–Trinajstić information content (AvgIpc) is 2.23. The lowest BCUT2D eigenvalue weighted by Crippen LogP contribution is -2.02. The van der Waals surface area contributed by atoms with Crippen molar-refractivity contribution >= 4 is 34.1 Å². The second-order valence-corrected chi connectivity index (χ2v) is 4.20. The van der Waals surface area contributed by atoms with Crippen LogP contribution in [-0.4, -0.2) is 4.98 Å². The van der Waals surface area contributed by atoms with Crippen LogP contribution in [0.25, 0.3) is 10.9 Å². The van der Waals surface area contributed by atoms with Gasteiger partial charge in [-0.1, -0.05) is 23.2 Å². The fraction of sp³-hybridized carbons (Fsp3) is 0.182. The number of fused-ring (bicyclic) bond motifs is 1. The van der Waals surface area contributed by atoms with E-state index in [9.17, 15) is 0 Å². The van der Waals surface area contributed by atoms with Crippen LogP contribution in [-0.2, 0) is 6.54 Å². The number of aryl methyl sites for hydroxylation is 1. The van der Waals surface area contributed by atoms with E-state index in [1.807, 2.05) is 13.0 Å². The Bertz CT molecular complexity index is 523. The molecule has 0 spiro atoms. The van der Waals surface area contributed by atoms with Gasteiger partial charge in [0.15, 0.2) is 0 Å². The predicted octanol–water partition coefficient (Wildman–Crippen LogP) is 3.31. The first-order valence-electron chi connectivity index (χ1n) is 4.58. The maximum atomic E-state index is 6.07. The van der Waals surface area contributed by atoms with Crippen LogP contribution in [0.15, 0.2) is 18.2 Å². The van der Waals surface area contributed by atoms with Gasteiger partial charge in [-0.15, -0.1) is 0 Å². The molecule has 2 nitrogen and oxygen atoms in total. The molecular formula is C11H10Cl2N2. The molecular weight excluding hydrogens is 231 g/mol. The van der Waals surface area contributed by atoms with Gasteiger partial charge in [0.2, 0.25) is 0 Å². The standard InChI is InChI=1S/C11H10Cl2N2/c1-6-4-7-8(12)2-3-9(13)11(7)15-10(6)5-14/h2-4H,5,14H2,1H3. The van der Waals surface area contributed by atoms with Gasteiger partial charge in [-0.2, -0.15) is 0 Å². The van der Waals surface area contributed by atoms with Gasteiger partial charge in [-0.05, 0) is 30.7 Å². The minimum absolute atomic E-state index is 0.407. The van der Waals surface area contributed by atoms with E-state index in [-0.39, 0.29) is 0 Å². The van der Waals surface area contributed by atoms with Crippen molar-refractivity contribution in [2.75, 3.05) is 0 Å². The Morgan fingerprint density at radius 3 is 2.60 bits per heavy atom. The second kappa shape index (κ2) is 3.97. The number of pyridine rings is 1. The third-order valence-electron chi connectivity index (χ3n) is 2.37.